The zero-order valence-electron chi connectivity index (χ0n) is 11.8. The summed E-state index contributed by atoms with van der Waals surface area (Å²) in [7, 11) is -3.54. The van der Waals surface area contributed by atoms with Crippen LogP contribution in [-0.2, 0) is 10.0 Å². The molecule has 6 heteroatoms. The first-order valence-electron chi connectivity index (χ1n) is 6.70. The van der Waals surface area contributed by atoms with Crippen LogP contribution < -0.4 is 4.72 Å². The molecule has 1 unspecified atom stereocenters. The molecule has 3 atom stereocenters. The van der Waals surface area contributed by atoms with Gasteiger partial charge < -0.3 is 5.11 Å². The largest absolute Gasteiger partial charge is 0.393 e. The highest BCUT2D eigenvalue weighted by molar-refractivity contribution is 9.09. The fraction of sp³-hybridized carbons (Fsp3) is 0.571. The van der Waals surface area contributed by atoms with Crippen LogP contribution in [0.5, 0.6) is 0 Å². The van der Waals surface area contributed by atoms with E-state index in [9.17, 15) is 13.5 Å². The molecule has 0 aliphatic carbocycles. The quantitative estimate of drug-likeness (QED) is 0.697. The minimum Gasteiger partial charge on any atom is -0.393 e. The highest BCUT2D eigenvalue weighted by atomic mass is 79.9. The van der Waals surface area contributed by atoms with Crippen molar-refractivity contribution in [2.75, 3.05) is 5.33 Å². The Kier molecular flexibility index (Phi) is 7.15. The van der Waals surface area contributed by atoms with Crippen molar-refractivity contribution in [1.29, 1.82) is 0 Å². The van der Waals surface area contributed by atoms with Crippen molar-refractivity contribution in [1.82, 2.24) is 4.72 Å². The van der Waals surface area contributed by atoms with Gasteiger partial charge in [0, 0.05) is 11.4 Å². The second-order valence-corrected chi connectivity index (χ2v) is 7.48. The van der Waals surface area contributed by atoms with Gasteiger partial charge in [-0.05, 0) is 37.8 Å². The fourth-order valence-electron chi connectivity index (χ4n) is 1.93. The van der Waals surface area contributed by atoms with E-state index in [1.54, 1.807) is 37.3 Å². The number of nitrogens with one attached hydrogen (secondary N) is 1. The number of benzene rings is 1. The first-order chi connectivity index (χ1) is 9.38. The molecule has 2 N–H and O–H groups in total. The summed E-state index contributed by atoms with van der Waals surface area (Å²) in [4.78, 5) is 0.252. The lowest BCUT2D eigenvalue weighted by Crippen LogP contribution is -2.42. The minimum absolute atomic E-state index is 0.146. The van der Waals surface area contributed by atoms with Gasteiger partial charge in [0.2, 0.25) is 10.0 Å². The fourth-order valence-corrected chi connectivity index (χ4v) is 3.64. The number of aliphatic hydroxyl groups excluding tert-OH is 1. The van der Waals surface area contributed by atoms with Crippen molar-refractivity contribution in [3.63, 3.8) is 0 Å². The summed E-state index contributed by atoms with van der Waals surface area (Å²) in [6.07, 6.45) is 0.969. The van der Waals surface area contributed by atoms with Gasteiger partial charge in [-0.15, -0.1) is 0 Å². The van der Waals surface area contributed by atoms with Crippen LogP contribution in [0, 0.1) is 5.92 Å². The van der Waals surface area contributed by atoms with E-state index >= 15 is 0 Å². The van der Waals surface area contributed by atoms with Crippen molar-refractivity contribution in [2.24, 2.45) is 5.92 Å². The third-order valence-corrected chi connectivity index (χ3v) is 5.47. The predicted molar refractivity (Wildman–Crippen MR) is 84.4 cm³/mol. The van der Waals surface area contributed by atoms with Crippen molar-refractivity contribution in [3.05, 3.63) is 30.3 Å². The van der Waals surface area contributed by atoms with E-state index in [4.69, 9.17) is 0 Å². The van der Waals surface area contributed by atoms with Crippen LogP contribution in [0.2, 0.25) is 0 Å². The maximum Gasteiger partial charge on any atom is 0.240 e. The summed E-state index contributed by atoms with van der Waals surface area (Å²) in [6, 6.07) is 8.02. The first-order valence-corrected chi connectivity index (χ1v) is 9.30. The Balaban J connectivity index is 2.88. The number of sulfonamides is 1. The molecule has 0 radical (unpaired) electrons. The monoisotopic (exact) mass is 363 g/mol. The molecule has 0 heterocycles. The van der Waals surface area contributed by atoms with E-state index in [1.807, 2.05) is 6.92 Å². The number of hydrogen-bond acceptors (Lipinski definition) is 3. The van der Waals surface area contributed by atoms with Gasteiger partial charge in [-0.2, -0.15) is 0 Å². The number of rotatable bonds is 8. The molecule has 0 aliphatic rings. The third kappa shape index (κ3) is 5.16. The standard InChI is InChI=1S/C14H22BrNO3S/c1-11(12(2)17)14(9-6-10-15)16-20(18,19)13-7-4-3-5-8-13/h3-5,7-8,11-12,14,16-17H,6,9-10H2,1-2H3/t11-,12+,14?/m1/s1. The van der Waals surface area contributed by atoms with Crippen LogP contribution in [0.4, 0.5) is 0 Å². The van der Waals surface area contributed by atoms with E-state index in [2.05, 4.69) is 20.7 Å². The van der Waals surface area contributed by atoms with Crippen LogP contribution in [0.25, 0.3) is 0 Å². The first kappa shape index (κ1) is 17.6. The zero-order chi connectivity index (χ0) is 15.2. The van der Waals surface area contributed by atoms with E-state index in [0.717, 1.165) is 11.8 Å². The van der Waals surface area contributed by atoms with Gasteiger partial charge in [0.1, 0.15) is 0 Å². The van der Waals surface area contributed by atoms with Gasteiger partial charge >= 0.3 is 0 Å². The Hall–Kier alpha value is -0.430. The van der Waals surface area contributed by atoms with Gasteiger partial charge in [0.25, 0.3) is 0 Å². The Labute approximate surface area is 129 Å². The van der Waals surface area contributed by atoms with Gasteiger partial charge in [-0.1, -0.05) is 41.1 Å². The van der Waals surface area contributed by atoms with Gasteiger partial charge in [-0.25, -0.2) is 13.1 Å². The molecule has 0 aromatic heterocycles. The molecular formula is C14H22BrNO3S. The van der Waals surface area contributed by atoms with E-state index in [1.165, 1.54) is 0 Å². The van der Waals surface area contributed by atoms with E-state index in [0.29, 0.717) is 6.42 Å². The molecule has 1 aromatic carbocycles. The van der Waals surface area contributed by atoms with Gasteiger partial charge in [0.05, 0.1) is 11.0 Å². The summed E-state index contributed by atoms with van der Waals surface area (Å²) in [5.74, 6) is -0.146. The molecule has 20 heavy (non-hydrogen) atoms. The second kappa shape index (κ2) is 8.12. The molecule has 0 saturated carbocycles. The number of aliphatic hydroxyl groups is 1. The summed E-state index contributed by atoms with van der Waals surface area (Å²) in [5.41, 5.74) is 0. The Morgan fingerprint density at radius 1 is 1.25 bits per heavy atom. The molecule has 0 spiro atoms. The molecule has 0 aliphatic heterocycles. The van der Waals surface area contributed by atoms with E-state index < -0.39 is 16.1 Å². The average Bonchev–Trinajstić information content (AvgIpc) is 2.43. The van der Waals surface area contributed by atoms with Crippen LogP contribution >= 0.6 is 15.9 Å². The smallest absolute Gasteiger partial charge is 0.240 e. The normalized spacial score (nSPS) is 16.6. The molecule has 1 aromatic rings. The Morgan fingerprint density at radius 3 is 2.35 bits per heavy atom. The molecule has 0 amide bonds. The minimum atomic E-state index is -3.54. The van der Waals surface area contributed by atoms with Crippen LogP contribution in [0.15, 0.2) is 35.2 Å². The lowest BCUT2D eigenvalue weighted by Gasteiger charge is -2.27. The lowest BCUT2D eigenvalue weighted by molar-refractivity contribution is 0.114. The molecule has 114 valence electrons. The van der Waals surface area contributed by atoms with Crippen LogP contribution in [0.3, 0.4) is 0 Å². The number of hydrogen-bond donors (Lipinski definition) is 2. The van der Waals surface area contributed by atoms with E-state index in [-0.39, 0.29) is 16.9 Å². The summed E-state index contributed by atoms with van der Waals surface area (Å²) in [6.45, 7) is 3.54. The Bertz CT molecular complexity index is 490. The SMILES string of the molecule is C[C@H](O)[C@@H](C)C(CCCBr)NS(=O)(=O)c1ccccc1. The highest BCUT2D eigenvalue weighted by Crippen LogP contribution is 2.18. The summed E-state index contributed by atoms with van der Waals surface area (Å²) < 4.78 is 27.4. The molecule has 0 bridgehead atoms. The molecule has 1 rings (SSSR count). The van der Waals surface area contributed by atoms with Gasteiger partial charge in [-0.3, -0.25) is 0 Å². The summed E-state index contributed by atoms with van der Waals surface area (Å²) >= 11 is 3.35. The Morgan fingerprint density at radius 2 is 1.85 bits per heavy atom. The average molecular weight is 364 g/mol. The molecule has 4 nitrogen and oxygen atoms in total. The van der Waals surface area contributed by atoms with Crippen LogP contribution in [0.1, 0.15) is 26.7 Å². The van der Waals surface area contributed by atoms with Crippen molar-refractivity contribution in [3.8, 4) is 0 Å². The van der Waals surface area contributed by atoms with Crippen LogP contribution in [-0.4, -0.2) is 31.0 Å². The predicted octanol–water partition coefficient (Wildman–Crippen LogP) is 2.53. The molecule has 0 saturated heterocycles. The van der Waals surface area contributed by atoms with Crippen molar-refractivity contribution in [2.45, 2.75) is 43.7 Å². The lowest BCUT2D eigenvalue weighted by atomic mass is 9.94. The topological polar surface area (TPSA) is 66.4 Å². The maximum absolute atomic E-state index is 12.3. The number of halogens is 1. The zero-order valence-corrected chi connectivity index (χ0v) is 14.2. The highest BCUT2D eigenvalue weighted by Gasteiger charge is 2.26. The maximum atomic E-state index is 12.3. The summed E-state index contributed by atoms with van der Waals surface area (Å²) in [5, 5.41) is 10.5. The van der Waals surface area contributed by atoms with Crippen molar-refractivity contribution >= 4 is 26.0 Å². The van der Waals surface area contributed by atoms with Gasteiger partial charge in [0.15, 0.2) is 0 Å². The molecule has 0 fully saturated rings. The third-order valence-electron chi connectivity index (χ3n) is 3.40. The number of alkyl halides is 1. The molecular weight excluding hydrogens is 342 g/mol. The van der Waals surface area contributed by atoms with Crippen molar-refractivity contribution < 1.29 is 13.5 Å². The second-order valence-electron chi connectivity index (χ2n) is 4.97.